The van der Waals surface area contributed by atoms with Crippen LogP contribution in [0.15, 0.2) is 48.9 Å². The Bertz CT molecular complexity index is 512. The molecular formula is C13H12N2O. The summed E-state index contributed by atoms with van der Waals surface area (Å²) in [4.78, 5) is 15.7. The SMILES string of the molecule is Cc1cn(C(=O)/C=C/c2ccccc2)cn1. The minimum Gasteiger partial charge on any atom is -0.272 e. The molecular weight excluding hydrogens is 200 g/mol. The number of rotatable bonds is 2. The smallest absolute Gasteiger partial charge is 0.255 e. The van der Waals surface area contributed by atoms with Crippen molar-refractivity contribution in [2.75, 3.05) is 0 Å². The number of nitrogens with zero attached hydrogens (tertiary/aromatic N) is 2. The van der Waals surface area contributed by atoms with Gasteiger partial charge >= 0.3 is 0 Å². The Morgan fingerprint density at radius 1 is 1.31 bits per heavy atom. The highest BCUT2D eigenvalue weighted by molar-refractivity contribution is 5.93. The third kappa shape index (κ3) is 2.45. The number of carbonyl (C=O) groups excluding carboxylic acids is 1. The van der Waals surface area contributed by atoms with Crippen molar-refractivity contribution in [3.05, 3.63) is 60.2 Å². The fourth-order valence-electron chi connectivity index (χ4n) is 1.36. The molecule has 1 aromatic carbocycles. The molecule has 0 bridgehead atoms. The number of hydrogen-bond donors (Lipinski definition) is 0. The van der Waals surface area contributed by atoms with Crippen LogP contribution < -0.4 is 0 Å². The first kappa shape index (κ1) is 10.4. The normalized spacial score (nSPS) is 10.8. The molecule has 0 amide bonds. The zero-order valence-electron chi connectivity index (χ0n) is 9.00. The van der Waals surface area contributed by atoms with Crippen molar-refractivity contribution in [1.82, 2.24) is 9.55 Å². The summed E-state index contributed by atoms with van der Waals surface area (Å²) in [5.74, 6) is -0.0931. The van der Waals surface area contributed by atoms with Crippen molar-refractivity contribution in [1.29, 1.82) is 0 Å². The second-order valence-electron chi connectivity index (χ2n) is 3.50. The molecule has 0 spiro atoms. The summed E-state index contributed by atoms with van der Waals surface area (Å²) < 4.78 is 1.47. The molecule has 2 aromatic rings. The molecule has 0 radical (unpaired) electrons. The molecule has 1 aromatic heterocycles. The number of carbonyl (C=O) groups is 1. The lowest BCUT2D eigenvalue weighted by atomic mass is 10.2. The van der Waals surface area contributed by atoms with Crippen LogP contribution in [0.3, 0.4) is 0 Å². The molecule has 3 nitrogen and oxygen atoms in total. The summed E-state index contributed by atoms with van der Waals surface area (Å²) in [7, 11) is 0. The summed E-state index contributed by atoms with van der Waals surface area (Å²) in [5, 5.41) is 0. The Kier molecular flexibility index (Phi) is 2.96. The van der Waals surface area contributed by atoms with E-state index in [1.807, 2.05) is 37.3 Å². The number of aromatic nitrogens is 2. The molecule has 0 aliphatic heterocycles. The zero-order chi connectivity index (χ0) is 11.4. The lowest BCUT2D eigenvalue weighted by molar-refractivity contribution is 0.0969. The number of allylic oxidation sites excluding steroid dienone is 1. The fourth-order valence-corrected chi connectivity index (χ4v) is 1.36. The van der Waals surface area contributed by atoms with E-state index in [4.69, 9.17) is 0 Å². The van der Waals surface area contributed by atoms with Gasteiger partial charge in [0.25, 0.3) is 5.91 Å². The zero-order valence-corrected chi connectivity index (χ0v) is 9.00. The van der Waals surface area contributed by atoms with Gasteiger partial charge in [-0.15, -0.1) is 0 Å². The highest BCUT2D eigenvalue weighted by Gasteiger charge is 1.99. The van der Waals surface area contributed by atoms with Crippen LogP contribution in [-0.4, -0.2) is 15.5 Å². The van der Waals surface area contributed by atoms with Gasteiger partial charge < -0.3 is 0 Å². The molecule has 0 saturated carbocycles. The summed E-state index contributed by atoms with van der Waals surface area (Å²) in [5.41, 5.74) is 1.84. The van der Waals surface area contributed by atoms with Crippen LogP contribution >= 0.6 is 0 Å². The molecule has 3 heteroatoms. The monoisotopic (exact) mass is 212 g/mol. The van der Waals surface area contributed by atoms with E-state index in [0.29, 0.717) is 0 Å². The summed E-state index contributed by atoms with van der Waals surface area (Å²) >= 11 is 0. The molecule has 0 N–H and O–H groups in total. The van der Waals surface area contributed by atoms with Crippen molar-refractivity contribution < 1.29 is 4.79 Å². The largest absolute Gasteiger partial charge is 0.272 e. The van der Waals surface area contributed by atoms with Crippen LogP contribution in [0.2, 0.25) is 0 Å². The summed E-state index contributed by atoms with van der Waals surface area (Å²) in [6.07, 6.45) is 6.55. The molecule has 1 heterocycles. The second-order valence-corrected chi connectivity index (χ2v) is 3.50. The minimum absolute atomic E-state index is 0.0931. The maximum Gasteiger partial charge on any atom is 0.255 e. The third-order valence-corrected chi connectivity index (χ3v) is 2.18. The van der Waals surface area contributed by atoms with Gasteiger partial charge in [0, 0.05) is 12.3 Å². The lowest BCUT2D eigenvalue weighted by Crippen LogP contribution is -2.03. The Balaban J connectivity index is 2.11. The van der Waals surface area contributed by atoms with Gasteiger partial charge in [0.15, 0.2) is 0 Å². The van der Waals surface area contributed by atoms with Gasteiger partial charge in [0.2, 0.25) is 0 Å². The van der Waals surface area contributed by atoms with Crippen LogP contribution in [0.5, 0.6) is 0 Å². The van der Waals surface area contributed by atoms with E-state index >= 15 is 0 Å². The van der Waals surface area contributed by atoms with E-state index < -0.39 is 0 Å². The fraction of sp³-hybridized carbons (Fsp3) is 0.0769. The number of aryl methyl sites for hydroxylation is 1. The van der Waals surface area contributed by atoms with Gasteiger partial charge in [-0.05, 0) is 18.6 Å². The van der Waals surface area contributed by atoms with Crippen molar-refractivity contribution in [3.8, 4) is 0 Å². The maximum absolute atomic E-state index is 11.7. The van der Waals surface area contributed by atoms with Gasteiger partial charge in [-0.2, -0.15) is 0 Å². The number of benzene rings is 1. The predicted octanol–water partition coefficient (Wildman–Crippen LogP) is 2.55. The molecule has 0 saturated heterocycles. The van der Waals surface area contributed by atoms with Crippen molar-refractivity contribution >= 4 is 12.0 Å². The van der Waals surface area contributed by atoms with Crippen LogP contribution in [-0.2, 0) is 0 Å². The van der Waals surface area contributed by atoms with Crippen molar-refractivity contribution in [2.24, 2.45) is 0 Å². The molecule has 0 unspecified atom stereocenters. The van der Waals surface area contributed by atoms with Gasteiger partial charge in [0.1, 0.15) is 6.33 Å². The summed E-state index contributed by atoms with van der Waals surface area (Å²) in [6.45, 7) is 1.85. The lowest BCUT2D eigenvalue weighted by Gasteiger charge is -1.94. The van der Waals surface area contributed by atoms with Gasteiger partial charge in [0.05, 0.1) is 5.69 Å². The van der Waals surface area contributed by atoms with E-state index in [1.54, 1.807) is 12.3 Å². The van der Waals surface area contributed by atoms with E-state index in [1.165, 1.54) is 17.0 Å². The Morgan fingerprint density at radius 2 is 2.06 bits per heavy atom. The van der Waals surface area contributed by atoms with Gasteiger partial charge in [-0.1, -0.05) is 30.3 Å². The molecule has 16 heavy (non-hydrogen) atoms. The Morgan fingerprint density at radius 3 is 2.69 bits per heavy atom. The molecule has 0 atom stereocenters. The first-order valence-electron chi connectivity index (χ1n) is 5.04. The van der Waals surface area contributed by atoms with E-state index in [9.17, 15) is 4.79 Å². The molecule has 0 aliphatic rings. The minimum atomic E-state index is -0.0931. The van der Waals surface area contributed by atoms with Crippen molar-refractivity contribution in [2.45, 2.75) is 6.92 Å². The predicted molar refractivity (Wildman–Crippen MR) is 63.1 cm³/mol. The maximum atomic E-state index is 11.7. The number of hydrogen-bond acceptors (Lipinski definition) is 2. The van der Waals surface area contributed by atoms with Crippen LogP contribution in [0, 0.1) is 6.92 Å². The quantitative estimate of drug-likeness (QED) is 0.717. The molecule has 0 aliphatic carbocycles. The second kappa shape index (κ2) is 4.57. The van der Waals surface area contributed by atoms with Crippen LogP contribution in [0.4, 0.5) is 0 Å². The highest BCUT2D eigenvalue weighted by atomic mass is 16.1. The Hall–Kier alpha value is -2.16. The van der Waals surface area contributed by atoms with Gasteiger partial charge in [-0.3, -0.25) is 9.36 Å². The molecule has 0 fully saturated rings. The first-order valence-corrected chi connectivity index (χ1v) is 5.04. The average molecular weight is 212 g/mol. The number of imidazole rings is 1. The first-order chi connectivity index (χ1) is 7.75. The molecule has 2 rings (SSSR count). The van der Waals surface area contributed by atoms with Gasteiger partial charge in [-0.25, -0.2) is 4.98 Å². The summed E-state index contributed by atoms with van der Waals surface area (Å²) in [6, 6.07) is 9.71. The highest BCUT2D eigenvalue weighted by Crippen LogP contribution is 2.02. The average Bonchev–Trinajstić information content (AvgIpc) is 2.74. The third-order valence-electron chi connectivity index (χ3n) is 2.18. The van der Waals surface area contributed by atoms with Crippen LogP contribution in [0.1, 0.15) is 16.1 Å². The van der Waals surface area contributed by atoms with E-state index in [2.05, 4.69) is 4.98 Å². The Labute approximate surface area is 94.1 Å². The standard InChI is InChI=1S/C13H12N2O/c1-11-9-15(10-14-11)13(16)8-7-12-5-3-2-4-6-12/h2-10H,1H3/b8-7+. The van der Waals surface area contributed by atoms with E-state index in [0.717, 1.165) is 11.3 Å². The van der Waals surface area contributed by atoms with Crippen LogP contribution in [0.25, 0.3) is 6.08 Å². The topological polar surface area (TPSA) is 34.9 Å². The van der Waals surface area contributed by atoms with Crippen molar-refractivity contribution in [3.63, 3.8) is 0 Å². The molecule has 80 valence electrons. The van der Waals surface area contributed by atoms with E-state index in [-0.39, 0.29) is 5.91 Å².